The SMILES string of the molecule is COc1c(C)c(C)cc(C(C)(C)CO)c1O. The van der Waals surface area contributed by atoms with E-state index in [-0.39, 0.29) is 12.4 Å². The van der Waals surface area contributed by atoms with Crippen molar-refractivity contribution in [3.63, 3.8) is 0 Å². The summed E-state index contributed by atoms with van der Waals surface area (Å²) in [6.07, 6.45) is 0. The van der Waals surface area contributed by atoms with Gasteiger partial charge in [0.2, 0.25) is 0 Å². The fourth-order valence-electron chi connectivity index (χ4n) is 1.72. The first-order valence-electron chi connectivity index (χ1n) is 5.33. The minimum absolute atomic E-state index is 0.0216. The topological polar surface area (TPSA) is 49.7 Å². The van der Waals surface area contributed by atoms with Crippen LogP contribution in [0, 0.1) is 13.8 Å². The number of rotatable bonds is 3. The maximum Gasteiger partial charge on any atom is 0.163 e. The highest BCUT2D eigenvalue weighted by Crippen LogP contribution is 2.41. The third kappa shape index (κ3) is 2.00. The average molecular weight is 224 g/mol. The molecule has 0 bridgehead atoms. The van der Waals surface area contributed by atoms with Crippen LogP contribution in [-0.2, 0) is 5.41 Å². The van der Waals surface area contributed by atoms with Gasteiger partial charge in [-0.1, -0.05) is 19.9 Å². The van der Waals surface area contributed by atoms with Crippen molar-refractivity contribution in [3.8, 4) is 11.5 Å². The zero-order chi connectivity index (χ0) is 12.5. The van der Waals surface area contributed by atoms with Crippen LogP contribution in [0.2, 0.25) is 0 Å². The second-order valence-corrected chi connectivity index (χ2v) is 4.79. The van der Waals surface area contributed by atoms with Gasteiger partial charge in [-0.25, -0.2) is 0 Å². The van der Waals surface area contributed by atoms with Crippen LogP contribution < -0.4 is 4.74 Å². The number of aliphatic hydroxyl groups is 1. The van der Waals surface area contributed by atoms with Crippen LogP contribution in [-0.4, -0.2) is 23.9 Å². The quantitative estimate of drug-likeness (QED) is 0.828. The van der Waals surface area contributed by atoms with E-state index in [0.29, 0.717) is 5.75 Å². The number of hydrogen-bond acceptors (Lipinski definition) is 3. The molecule has 0 amide bonds. The molecule has 3 heteroatoms. The van der Waals surface area contributed by atoms with Gasteiger partial charge in [-0.3, -0.25) is 0 Å². The second-order valence-electron chi connectivity index (χ2n) is 4.79. The lowest BCUT2D eigenvalue weighted by molar-refractivity contribution is 0.214. The number of methoxy groups -OCH3 is 1. The van der Waals surface area contributed by atoms with E-state index in [0.717, 1.165) is 16.7 Å². The van der Waals surface area contributed by atoms with Gasteiger partial charge in [0.15, 0.2) is 11.5 Å². The Morgan fingerprint density at radius 2 is 1.88 bits per heavy atom. The summed E-state index contributed by atoms with van der Waals surface area (Å²) in [5.41, 5.74) is 2.22. The first-order chi connectivity index (χ1) is 7.35. The van der Waals surface area contributed by atoms with Gasteiger partial charge in [0.05, 0.1) is 13.7 Å². The Morgan fingerprint density at radius 3 is 2.31 bits per heavy atom. The molecule has 0 saturated heterocycles. The standard InChI is InChI=1S/C13H20O3/c1-8-6-10(13(3,4)7-14)11(15)12(16-5)9(8)2/h6,14-15H,7H2,1-5H3. The summed E-state index contributed by atoms with van der Waals surface area (Å²) in [6.45, 7) is 7.62. The number of benzene rings is 1. The van der Waals surface area contributed by atoms with Crippen LogP contribution in [0.4, 0.5) is 0 Å². The molecule has 1 rings (SSSR count). The van der Waals surface area contributed by atoms with E-state index in [4.69, 9.17) is 4.74 Å². The predicted molar refractivity (Wildman–Crippen MR) is 64.2 cm³/mol. The van der Waals surface area contributed by atoms with Gasteiger partial charge >= 0.3 is 0 Å². The Hall–Kier alpha value is -1.22. The van der Waals surface area contributed by atoms with E-state index in [2.05, 4.69) is 0 Å². The predicted octanol–water partition coefficient (Wildman–Crippen LogP) is 2.29. The minimum Gasteiger partial charge on any atom is -0.504 e. The molecule has 0 saturated carbocycles. The Bertz CT molecular complexity index is 395. The van der Waals surface area contributed by atoms with Gasteiger partial charge in [-0.05, 0) is 25.0 Å². The lowest BCUT2D eigenvalue weighted by Gasteiger charge is -2.25. The molecule has 0 fully saturated rings. The number of ether oxygens (including phenoxy) is 1. The minimum atomic E-state index is -0.476. The summed E-state index contributed by atoms with van der Waals surface area (Å²) >= 11 is 0. The van der Waals surface area contributed by atoms with Crippen molar-refractivity contribution >= 4 is 0 Å². The summed E-state index contributed by atoms with van der Waals surface area (Å²) < 4.78 is 5.21. The highest BCUT2D eigenvalue weighted by molar-refractivity contribution is 5.56. The van der Waals surface area contributed by atoms with E-state index in [9.17, 15) is 10.2 Å². The molecular weight excluding hydrogens is 204 g/mol. The largest absolute Gasteiger partial charge is 0.504 e. The van der Waals surface area contributed by atoms with Crippen molar-refractivity contribution in [1.82, 2.24) is 0 Å². The van der Waals surface area contributed by atoms with Gasteiger partial charge in [-0.2, -0.15) is 0 Å². The van der Waals surface area contributed by atoms with E-state index >= 15 is 0 Å². The van der Waals surface area contributed by atoms with Crippen molar-refractivity contribution in [1.29, 1.82) is 0 Å². The van der Waals surface area contributed by atoms with Crippen LogP contribution >= 0.6 is 0 Å². The van der Waals surface area contributed by atoms with Gasteiger partial charge in [0.25, 0.3) is 0 Å². The van der Waals surface area contributed by atoms with Crippen molar-refractivity contribution in [2.24, 2.45) is 0 Å². The van der Waals surface area contributed by atoms with Crippen LogP contribution in [0.15, 0.2) is 6.07 Å². The molecule has 0 unspecified atom stereocenters. The molecule has 0 aliphatic rings. The van der Waals surface area contributed by atoms with Crippen LogP contribution in [0.5, 0.6) is 11.5 Å². The van der Waals surface area contributed by atoms with Crippen molar-refractivity contribution in [3.05, 3.63) is 22.8 Å². The number of aliphatic hydroxyl groups excluding tert-OH is 1. The van der Waals surface area contributed by atoms with Crippen LogP contribution in [0.25, 0.3) is 0 Å². The first kappa shape index (κ1) is 12.8. The zero-order valence-electron chi connectivity index (χ0n) is 10.6. The molecule has 90 valence electrons. The second kappa shape index (κ2) is 4.34. The zero-order valence-corrected chi connectivity index (χ0v) is 10.6. The Kier molecular flexibility index (Phi) is 3.48. The van der Waals surface area contributed by atoms with Gasteiger partial charge in [-0.15, -0.1) is 0 Å². The highest BCUT2D eigenvalue weighted by Gasteiger charge is 2.26. The Balaban J connectivity index is 3.49. The molecule has 16 heavy (non-hydrogen) atoms. The van der Waals surface area contributed by atoms with Crippen LogP contribution in [0.3, 0.4) is 0 Å². The molecule has 2 N–H and O–H groups in total. The molecule has 3 nitrogen and oxygen atoms in total. The molecule has 0 spiro atoms. The van der Waals surface area contributed by atoms with Gasteiger partial charge in [0, 0.05) is 11.0 Å². The number of hydrogen-bond donors (Lipinski definition) is 2. The fourth-order valence-corrected chi connectivity index (χ4v) is 1.72. The third-order valence-electron chi connectivity index (χ3n) is 3.09. The third-order valence-corrected chi connectivity index (χ3v) is 3.09. The molecule has 0 atom stereocenters. The molecule has 0 aliphatic heterocycles. The summed E-state index contributed by atoms with van der Waals surface area (Å²) in [6, 6.07) is 1.91. The van der Waals surface area contributed by atoms with Crippen molar-refractivity contribution < 1.29 is 14.9 Å². The normalized spacial score (nSPS) is 11.6. The maximum atomic E-state index is 10.1. The summed E-state index contributed by atoms with van der Waals surface area (Å²) in [7, 11) is 1.54. The molecule has 0 aromatic heterocycles. The lowest BCUT2D eigenvalue weighted by Crippen LogP contribution is -2.22. The summed E-state index contributed by atoms with van der Waals surface area (Å²) in [5.74, 6) is 0.626. The first-order valence-corrected chi connectivity index (χ1v) is 5.33. The van der Waals surface area contributed by atoms with Gasteiger partial charge in [0.1, 0.15) is 0 Å². The monoisotopic (exact) mass is 224 g/mol. The Labute approximate surface area is 96.7 Å². The molecule has 0 aliphatic carbocycles. The lowest BCUT2D eigenvalue weighted by atomic mass is 9.83. The van der Waals surface area contributed by atoms with Crippen molar-refractivity contribution in [2.75, 3.05) is 13.7 Å². The van der Waals surface area contributed by atoms with E-state index in [1.807, 2.05) is 33.8 Å². The van der Waals surface area contributed by atoms with E-state index in [1.165, 1.54) is 7.11 Å². The number of aryl methyl sites for hydroxylation is 1. The van der Waals surface area contributed by atoms with Crippen molar-refractivity contribution in [2.45, 2.75) is 33.1 Å². The van der Waals surface area contributed by atoms with Gasteiger partial charge < -0.3 is 14.9 Å². The summed E-state index contributed by atoms with van der Waals surface area (Å²) in [4.78, 5) is 0. The van der Waals surface area contributed by atoms with E-state index < -0.39 is 5.41 Å². The molecule has 0 radical (unpaired) electrons. The summed E-state index contributed by atoms with van der Waals surface area (Å²) in [5, 5.41) is 19.5. The van der Waals surface area contributed by atoms with E-state index in [1.54, 1.807) is 0 Å². The smallest absolute Gasteiger partial charge is 0.163 e. The molecule has 1 aromatic rings. The number of aromatic hydroxyl groups is 1. The number of phenolic OH excluding ortho intramolecular Hbond substituents is 1. The van der Waals surface area contributed by atoms with Crippen LogP contribution in [0.1, 0.15) is 30.5 Å². The average Bonchev–Trinajstić information content (AvgIpc) is 2.24. The molecule has 1 aromatic carbocycles. The molecular formula is C13H20O3. The maximum absolute atomic E-state index is 10.1. The number of phenols is 1. The molecule has 0 heterocycles. The highest BCUT2D eigenvalue weighted by atomic mass is 16.5. The fraction of sp³-hybridized carbons (Fsp3) is 0.538. The Morgan fingerprint density at radius 1 is 1.31 bits per heavy atom.